The third-order valence-electron chi connectivity index (χ3n) is 14.8. The first-order valence-electron chi connectivity index (χ1n) is 24.2. The number of aromatic nitrogens is 2. The Labute approximate surface area is 407 Å². The van der Waals surface area contributed by atoms with Gasteiger partial charge in [0.1, 0.15) is 0 Å². The van der Waals surface area contributed by atoms with Gasteiger partial charge in [0.2, 0.25) is 0 Å². The van der Waals surface area contributed by atoms with Crippen LogP contribution in [-0.2, 0) is 5.41 Å². The van der Waals surface area contributed by atoms with E-state index in [0.717, 1.165) is 34.0 Å². The van der Waals surface area contributed by atoms with E-state index in [2.05, 4.69) is 287 Å². The third-order valence-corrected chi connectivity index (χ3v) is 14.8. The predicted molar refractivity (Wildman–Crippen MR) is 293 cm³/mol. The number of hydrogen-bond donors (Lipinski definition) is 0. The molecule has 3 nitrogen and oxygen atoms in total. The molecule has 11 aromatic carbocycles. The molecule has 0 aliphatic heterocycles. The van der Waals surface area contributed by atoms with Crippen LogP contribution in [0.25, 0.3) is 77.1 Å². The molecule has 0 bridgehead atoms. The number of nitrogens with zero attached hydrogens (tertiary/aromatic N) is 3. The molecule has 0 unspecified atom stereocenters. The zero-order valence-electron chi connectivity index (χ0n) is 38.3. The lowest BCUT2D eigenvalue weighted by Gasteiger charge is -2.35. The first-order valence-corrected chi connectivity index (χ1v) is 24.2. The topological polar surface area (TPSA) is 13.1 Å². The molecule has 2 aromatic heterocycles. The standard InChI is InChI=1S/C67H45N3/c1-4-18-51(19-5-1)67(52-20-6-2-7-21-52)62-26-14-12-24-58(62)59-39-38-57(44-63(59)67)69(56-37-32-46-16-10-11-17-49(46)42-56)55-35-30-48(31-36-55)47-28-33-53(34-29-47)68-41-40-50-43-61-60-25-13-15-27-64(60)70(66(61)45-65(50)68)54-22-8-3-9-23-54/h1-45H. The van der Waals surface area contributed by atoms with E-state index < -0.39 is 5.41 Å². The number of hydrogen-bond acceptors (Lipinski definition) is 1. The molecule has 0 atom stereocenters. The van der Waals surface area contributed by atoms with Crippen molar-refractivity contribution in [2.75, 3.05) is 4.90 Å². The molecule has 328 valence electrons. The molecular formula is C67H45N3. The summed E-state index contributed by atoms with van der Waals surface area (Å²) in [6.45, 7) is 0. The maximum Gasteiger partial charge on any atom is 0.0714 e. The number of anilines is 3. The lowest BCUT2D eigenvalue weighted by molar-refractivity contribution is 0.768. The first kappa shape index (κ1) is 39.9. The summed E-state index contributed by atoms with van der Waals surface area (Å²) in [6.07, 6.45) is 2.20. The largest absolute Gasteiger partial charge is 0.316 e. The van der Waals surface area contributed by atoms with E-state index >= 15 is 0 Å². The fraction of sp³-hybridized carbons (Fsp3) is 0.0149. The number of para-hydroxylation sites is 2. The second-order valence-electron chi connectivity index (χ2n) is 18.5. The SMILES string of the molecule is c1ccc(-n2c3ccccc3c3cc4ccn(-c5ccc(-c6ccc(N(c7ccc8c(c7)C(c7ccccc7)(c7ccccc7)c7ccccc7-8)c7ccc8ccccc8c7)cc6)cc5)c4cc32)cc1. The van der Waals surface area contributed by atoms with Gasteiger partial charge >= 0.3 is 0 Å². The Bertz CT molecular complexity index is 4050. The maximum absolute atomic E-state index is 2.45. The lowest BCUT2D eigenvalue weighted by atomic mass is 9.67. The third kappa shape index (κ3) is 6.15. The Kier molecular flexibility index (Phi) is 9.11. The average molecular weight is 892 g/mol. The lowest BCUT2D eigenvalue weighted by Crippen LogP contribution is -2.28. The molecule has 2 heterocycles. The van der Waals surface area contributed by atoms with Crippen molar-refractivity contribution in [3.63, 3.8) is 0 Å². The Morgan fingerprint density at radius 3 is 1.66 bits per heavy atom. The van der Waals surface area contributed by atoms with Crippen molar-refractivity contribution in [2.24, 2.45) is 0 Å². The average Bonchev–Trinajstić information content (AvgIpc) is 4.09. The van der Waals surface area contributed by atoms with Crippen LogP contribution < -0.4 is 4.90 Å². The zero-order valence-corrected chi connectivity index (χ0v) is 38.3. The van der Waals surface area contributed by atoms with Crippen LogP contribution in [0.15, 0.2) is 273 Å². The highest BCUT2D eigenvalue weighted by atomic mass is 15.1. The van der Waals surface area contributed by atoms with Gasteiger partial charge in [-0.15, -0.1) is 0 Å². The van der Waals surface area contributed by atoms with Crippen molar-refractivity contribution in [3.8, 4) is 33.6 Å². The van der Waals surface area contributed by atoms with Crippen LogP contribution in [0.1, 0.15) is 22.3 Å². The Morgan fingerprint density at radius 1 is 0.314 bits per heavy atom. The van der Waals surface area contributed by atoms with E-state index in [1.165, 1.54) is 82.4 Å². The molecule has 0 saturated carbocycles. The van der Waals surface area contributed by atoms with Crippen molar-refractivity contribution >= 4 is 60.5 Å². The summed E-state index contributed by atoms with van der Waals surface area (Å²) in [7, 11) is 0. The van der Waals surface area contributed by atoms with Gasteiger partial charge in [0, 0.05) is 50.8 Å². The van der Waals surface area contributed by atoms with Gasteiger partial charge < -0.3 is 14.0 Å². The minimum atomic E-state index is -0.503. The molecule has 70 heavy (non-hydrogen) atoms. The fourth-order valence-electron chi connectivity index (χ4n) is 11.6. The molecule has 3 heteroatoms. The van der Waals surface area contributed by atoms with Gasteiger partial charge in [0.15, 0.2) is 0 Å². The molecule has 1 aliphatic carbocycles. The van der Waals surface area contributed by atoms with Gasteiger partial charge in [-0.2, -0.15) is 0 Å². The van der Waals surface area contributed by atoms with Crippen LogP contribution in [0, 0.1) is 0 Å². The van der Waals surface area contributed by atoms with E-state index in [1.54, 1.807) is 0 Å². The molecule has 1 aliphatic rings. The van der Waals surface area contributed by atoms with Crippen molar-refractivity contribution in [2.45, 2.75) is 5.41 Å². The summed E-state index contributed by atoms with van der Waals surface area (Å²) < 4.78 is 4.71. The first-order chi connectivity index (χ1) is 34.7. The van der Waals surface area contributed by atoms with Crippen molar-refractivity contribution in [1.82, 2.24) is 9.13 Å². The predicted octanol–water partition coefficient (Wildman–Crippen LogP) is 17.4. The van der Waals surface area contributed by atoms with Crippen LogP contribution in [0.3, 0.4) is 0 Å². The van der Waals surface area contributed by atoms with Crippen LogP contribution in [0.5, 0.6) is 0 Å². The highest BCUT2D eigenvalue weighted by molar-refractivity contribution is 6.13. The molecule has 13 aromatic rings. The van der Waals surface area contributed by atoms with Gasteiger partial charge in [-0.1, -0.05) is 182 Å². The van der Waals surface area contributed by atoms with Crippen LogP contribution in [0.4, 0.5) is 17.1 Å². The second kappa shape index (κ2) is 16.0. The summed E-state index contributed by atoms with van der Waals surface area (Å²) in [6, 6.07) is 98.1. The van der Waals surface area contributed by atoms with Crippen LogP contribution in [-0.4, -0.2) is 9.13 Å². The van der Waals surface area contributed by atoms with Gasteiger partial charge in [-0.25, -0.2) is 0 Å². The minimum Gasteiger partial charge on any atom is -0.316 e. The Morgan fingerprint density at radius 2 is 0.900 bits per heavy atom. The molecule has 0 saturated heterocycles. The maximum atomic E-state index is 2.45. The van der Waals surface area contributed by atoms with Crippen molar-refractivity contribution in [3.05, 3.63) is 295 Å². The number of rotatable bonds is 8. The van der Waals surface area contributed by atoms with E-state index in [0.29, 0.717) is 0 Å². The molecular weight excluding hydrogens is 847 g/mol. The van der Waals surface area contributed by atoms with Crippen molar-refractivity contribution in [1.29, 1.82) is 0 Å². The van der Waals surface area contributed by atoms with Crippen LogP contribution >= 0.6 is 0 Å². The van der Waals surface area contributed by atoms with Gasteiger partial charge in [-0.05, 0) is 140 Å². The van der Waals surface area contributed by atoms with E-state index in [-0.39, 0.29) is 0 Å². The highest BCUT2D eigenvalue weighted by Crippen LogP contribution is 2.57. The normalized spacial score (nSPS) is 12.7. The number of fused-ring (bicyclic) bond motifs is 8. The van der Waals surface area contributed by atoms with E-state index in [9.17, 15) is 0 Å². The molecule has 14 rings (SSSR count). The smallest absolute Gasteiger partial charge is 0.0714 e. The fourth-order valence-corrected chi connectivity index (χ4v) is 11.6. The second-order valence-corrected chi connectivity index (χ2v) is 18.5. The molecule has 0 spiro atoms. The summed E-state index contributed by atoms with van der Waals surface area (Å²) in [4.78, 5) is 2.43. The zero-order chi connectivity index (χ0) is 46.2. The highest BCUT2D eigenvalue weighted by Gasteiger charge is 2.46. The summed E-state index contributed by atoms with van der Waals surface area (Å²) in [5, 5.41) is 6.17. The van der Waals surface area contributed by atoms with E-state index in [4.69, 9.17) is 0 Å². The number of benzene rings is 11. The summed E-state index contributed by atoms with van der Waals surface area (Å²) in [5.74, 6) is 0. The summed E-state index contributed by atoms with van der Waals surface area (Å²) >= 11 is 0. The van der Waals surface area contributed by atoms with E-state index in [1.807, 2.05) is 0 Å². The molecule has 0 N–H and O–H groups in total. The quantitative estimate of drug-likeness (QED) is 0.148. The molecule has 0 amide bonds. The Hall–Kier alpha value is -9.18. The Balaban J connectivity index is 0.861. The van der Waals surface area contributed by atoms with Gasteiger partial charge in [0.05, 0.1) is 22.0 Å². The molecule has 0 radical (unpaired) electrons. The molecule has 0 fully saturated rings. The summed E-state index contributed by atoms with van der Waals surface area (Å²) in [5.41, 5.74) is 18.7. The van der Waals surface area contributed by atoms with Crippen LogP contribution in [0.2, 0.25) is 0 Å². The monoisotopic (exact) mass is 891 g/mol. The van der Waals surface area contributed by atoms with Gasteiger partial charge in [-0.3, -0.25) is 0 Å². The van der Waals surface area contributed by atoms with Crippen molar-refractivity contribution < 1.29 is 0 Å². The van der Waals surface area contributed by atoms with Gasteiger partial charge in [0.25, 0.3) is 0 Å². The minimum absolute atomic E-state index is 0.503.